The van der Waals surface area contributed by atoms with Crippen molar-refractivity contribution in [3.63, 3.8) is 0 Å². The van der Waals surface area contributed by atoms with Gasteiger partial charge < -0.3 is 26.2 Å². The third-order valence-electron chi connectivity index (χ3n) is 6.63. The molecule has 16 heteroatoms. The van der Waals surface area contributed by atoms with Gasteiger partial charge in [-0.1, -0.05) is 43.7 Å². The van der Waals surface area contributed by atoms with E-state index in [1.54, 1.807) is 6.07 Å². The first kappa shape index (κ1) is 34.9. The van der Waals surface area contributed by atoms with Crippen LogP contribution >= 0.6 is 11.6 Å². The molecule has 234 valence electrons. The summed E-state index contributed by atoms with van der Waals surface area (Å²) in [5.41, 5.74) is 7.34. The summed E-state index contributed by atoms with van der Waals surface area (Å²) in [7, 11) is 0. The highest BCUT2D eigenvalue weighted by Crippen LogP contribution is 2.29. The molecular formula is C26H31ClF6N4O5. The van der Waals surface area contributed by atoms with E-state index >= 15 is 0 Å². The van der Waals surface area contributed by atoms with Crippen LogP contribution in [-0.4, -0.2) is 71.1 Å². The SMILES string of the molecule is N[C@H]1CCN(c2ccc3c(C(=O)NCCC4CCCCC4)c(Cl)ccc3n2)C1.O=C(O)C(F)(F)F.O=C(O)C(F)(F)F. The lowest BCUT2D eigenvalue weighted by Crippen LogP contribution is -2.27. The Morgan fingerprint density at radius 3 is 2.02 bits per heavy atom. The molecule has 1 saturated heterocycles. The first-order chi connectivity index (χ1) is 19.5. The number of carboxylic acid groups (broad SMARTS) is 2. The van der Waals surface area contributed by atoms with E-state index in [1.165, 1.54) is 32.1 Å². The number of anilines is 1. The molecule has 2 aromatic rings. The monoisotopic (exact) mass is 628 g/mol. The molecule has 9 nitrogen and oxygen atoms in total. The number of hydrogen-bond acceptors (Lipinski definition) is 6. The minimum atomic E-state index is -5.08. The van der Waals surface area contributed by atoms with Gasteiger partial charge in [0, 0.05) is 31.1 Å². The number of amides is 1. The predicted octanol–water partition coefficient (Wildman–Crippen LogP) is 5.39. The lowest BCUT2D eigenvalue weighted by molar-refractivity contribution is -0.193. The summed E-state index contributed by atoms with van der Waals surface area (Å²) in [4.78, 5) is 37.6. The minimum Gasteiger partial charge on any atom is -0.475 e. The molecule has 0 spiro atoms. The molecule has 1 saturated carbocycles. The van der Waals surface area contributed by atoms with Crippen LogP contribution in [0.4, 0.5) is 32.2 Å². The molecule has 0 bridgehead atoms. The average Bonchev–Trinajstić information content (AvgIpc) is 3.34. The molecule has 4 rings (SSSR count). The number of pyridine rings is 1. The number of nitrogens with one attached hydrogen (secondary N) is 1. The van der Waals surface area contributed by atoms with E-state index in [4.69, 9.17) is 42.1 Å². The highest BCUT2D eigenvalue weighted by Gasteiger charge is 2.38. The van der Waals surface area contributed by atoms with Gasteiger partial charge >= 0.3 is 24.3 Å². The standard InChI is InChI=1S/C22H29ClN4O.2C2HF3O2/c23-18-7-8-19-17(6-9-20(26-19)27-13-11-16(24)14-27)21(18)22(28)25-12-10-15-4-2-1-3-5-15;2*3-2(4,5)1(6)7/h6-9,15-16H,1-5,10-14,24H2,(H,25,28);2*(H,6,7)/t16-;;/m0../s1. The van der Waals surface area contributed by atoms with Crippen LogP contribution in [0.2, 0.25) is 5.02 Å². The van der Waals surface area contributed by atoms with E-state index in [0.29, 0.717) is 17.1 Å². The number of aliphatic carboxylic acids is 2. The van der Waals surface area contributed by atoms with Crippen molar-refractivity contribution in [2.24, 2.45) is 11.7 Å². The van der Waals surface area contributed by atoms with Gasteiger partial charge in [0.15, 0.2) is 0 Å². The number of rotatable bonds is 5. The molecule has 1 atom stereocenters. The van der Waals surface area contributed by atoms with Crippen molar-refractivity contribution in [2.75, 3.05) is 24.5 Å². The topological polar surface area (TPSA) is 146 Å². The predicted molar refractivity (Wildman–Crippen MR) is 142 cm³/mol. The summed E-state index contributed by atoms with van der Waals surface area (Å²) in [6.07, 6.45) is -1.56. The number of alkyl halides is 6. The van der Waals surface area contributed by atoms with E-state index in [0.717, 1.165) is 48.6 Å². The number of carbonyl (C=O) groups excluding carboxylic acids is 1. The van der Waals surface area contributed by atoms with Crippen molar-refractivity contribution < 1.29 is 50.9 Å². The summed E-state index contributed by atoms with van der Waals surface area (Å²) in [6.45, 7) is 2.44. The van der Waals surface area contributed by atoms with Gasteiger partial charge in [0.2, 0.25) is 0 Å². The number of nitrogens with two attached hydrogens (primary N) is 1. The molecular weight excluding hydrogens is 598 g/mol. The summed E-state index contributed by atoms with van der Waals surface area (Å²) in [5, 5.41) is 18.6. The van der Waals surface area contributed by atoms with E-state index in [2.05, 4.69) is 10.2 Å². The van der Waals surface area contributed by atoms with Crippen molar-refractivity contribution in [1.29, 1.82) is 0 Å². The molecule has 1 aliphatic heterocycles. The number of nitrogens with zero attached hydrogens (tertiary/aromatic N) is 2. The normalized spacial score (nSPS) is 17.5. The van der Waals surface area contributed by atoms with Gasteiger partial charge in [-0.25, -0.2) is 14.6 Å². The molecule has 2 fully saturated rings. The third kappa shape index (κ3) is 10.8. The number of fused-ring (bicyclic) bond motifs is 1. The van der Waals surface area contributed by atoms with Gasteiger partial charge in [0.05, 0.1) is 16.1 Å². The van der Waals surface area contributed by atoms with Crippen LogP contribution in [0.25, 0.3) is 10.9 Å². The molecule has 1 aliphatic carbocycles. The largest absolute Gasteiger partial charge is 0.490 e. The highest BCUT2D eigenvalue weighted by atomic mass is 35.5. The van der Waals surface area contributed by atoms with Crippen LogP contribution in [0.5, 0.6) is 0 Å². The van der Waals surface area contributed by atoms with Crippen molar-refractivity contribution >= 4 is 46.2 Å². The number of benzene rings is 1. The molecule has 0 unspecified atom stereocenters. The maximum absolute atomic E-state index is 12.9. The van der Waals surface area contributed by atoms with Crippen LogP contribution in [0.15, 0.2) is 24.3 Å². The molecule has 42 heavy (non-hydrogen) atoms. The Bertz CT molecular complexity index is 1210. The second-order valence-corrected chi connectivity index (χ2v) is 10.2. The van der Waals surface area contributed by atoms with Crippen molar-refractivity contribution in [3.05, 3.63) is 34.9 Å². The Labute approximate surface area is 242 Å². The lowest BCUT2D eigenvalue weighted by Gasteiger charge is -2.21. The third-order valence-corrected chi connectivity index (χ3v) is 6.94. The van der Waals surface area contributed by atoms with E-state index in [-0.39, 0.29) is 11.9 Å². The fraction of sp³-hybridized carbons (Fsp3) is 0.538. The molecule has 1 amide bonds. The fourth-order valence-electron chi connectivity index (χ4n) is 4.52. The van der Waals surface area contributed by atoms with Gasteiger partial charge in [-0.2, -0.15) is 26.3 Å². The van der Waals surface area contributed by atoms with Crippen LogP contribution in [-0.2, 0) is 9.59 Å². The zero-order valence-corrected chi connectivity index (χ0v) is 23.0. The Hall–Kier alpha value is -3.33. The first-order valence-electron chi connectivity index (χ1n) is 13.0. The van der Waals surface area contributed by atoms with Gasteiger partial charge in [-0.05, 0) is 43.0 Å². The van der Waals surface area contributed by atoms with Crippen molar-refractivity contribution in [2.45, 2.75) is 63.3 Å². The summed E-state index contributed by atoms with van der Waals surface area (Å²) in [5.74, 6) is -3.97. The molecule has 2 aliphatic rings. The molecule has 1 aromatic heterocycles. The zero-order valence-electron chi connectivity index (χ0n) is 22.3. The summed E-state index contributed by atoms with van der Waals surface area (Å²) in [6, 6.07) is 7.79. The highest BCUT2D eigenvalue weighted by molar-refractivity contribution is 6.35. The van der Waals surface area contributed by atoms with Crippen molar-refractivity contribution in [1.82, 2.24) is 10.3 Å². The van der Waals surface area contributed by atoms with Gasteiger partial charge in [-0.3, -0.25) is 4.79 Å². The Kier molecular flexibility index (Phi) is 12.6. The summed E-state index contributed by atoms with van der Waals surface area (Å²) < 4.78 is 63.5. The Morgan fingerprint density at radius 1 is 0.952 bits per heavy atom. The number of halogens is 7. The first-order valence-corrected chi connectivity index (χ1v) is 13.4. The number of aromatic nitrogens is 1. The molecule has 5 N–H and O–H groups in total. The number of carbonyl (C=O) groups is 3. The van der Waals surface area contributed by atoms with Crippen LogP contribution in [0.3, 0.4) is 0 Å². The lowest BCUT2D eigenvalue weighted by atomic mass is 9.87. The van der Waals surface area contributed by atoms with Crippen LogP contribution < -0.4 is 16.0 Å². The van der Waals surface area contributed by atoms with Crippen LogP contribution in [0.1, 0.15) is 55.3 Å². The maximum Gasteiger partial charge on any atom is 0.490 e. The maximum atomic E-state index is 12.9. The smallest absolute Gasteiger partial charge is 0.475 e. The summed E-state index contributed by atoms with van der Waals surface area (Å²) >= 11 is 6.40. The minimum absolute atomic E-state index is 0.107. The van der Waals surface area contributed by atoms with E-state index < -0.39 is 24.3 Å². The second kappa shape index (κ2) is 15.2. The number of hydrogen-bond donors (Lipinski definition) is 4. The van der Waals surface area contributed by atoms with Crippen molar-refractivity contribution in [3.8, 4) is 0 Å². The quantitative estimate of drug-likeness (QED) is 0.322. The molecule has 2 heterocycles. The zero-order chi connectivity index (χ0) is 31.7. The van der Waals surface area contributed by atoms with Crippen LogP contribution in [0, 0.1) is 5.92 Å². The van der Waals surface area contributed by atoms with Gasteiger partial charge in [0.1, 0.15) is 5.82 Å². The number of carboxylic acids is 2. The second-order valence-electron chi connectivity index (χ2n) is 9.81. The van der Waals surface area contributed by atoms with Gasteiger partial charge in [0.25, 0.3) is 5.91 Å². The van der Waals surface area contributed by atoms with Gasteiger partial charge in [-0.15, -0.1) is 0 Å². The molecule has 0 radical (unpaired) electrons. The van der Waals surface area contributed by atoms with E-state index in [1.807, 2.05) is 18.2 Å². The molecule has 1 aromatic carbocycles. The Morgan fingerprint density at radius 2 is 1.52 bits per heavy atom. The fourth-order valence-corrected chi connectivity index (χ4v) is 4.77. The average molecular weight is 629 g/mol. The Balaban J connectivity index is 0.000000367. The van der Waals surface area contributed by atoms with E-state index in [9.17, 15) is 31.1 Å².